The van der Waals surface area contributed by atoms with Crippen molar-refractivity contribution in [3.05, 3.63) is 0 Å². The molecule has 0 radical (unpaired) electrons. The standard InChI is InChI=1S/C8H13NO2.CH4/c1-9-5-2-4(10)3-6(9)8-7(5)11-8;/h4-8,10H,2-3H2,1H3;1H4/p+1. The maximum absolute atomic E-state index is 9.48. The van der Waals surface area contributed by atoms with Gasteiger partial charge in [-0.1, -0.05) is 7.43 Å². The van der Waals surface area contributed by atoms with Crippen molar-refractivity contribution < 1.29 is 14.7 Å². The van der Waals surface area contributed by atoms with Crippen molar-refractivity contribution in [3.63, 3.8) is 0 Å². The fraction of sp³-hybridized carbons (Fsp3) is 1.00. The molecule has 3 aliphatic rings. The van der Waals surface area contributed by atoms with Gasteiger partial charge >= 0.3 is 0 Å². The molecule has 2 N–H and O–H groups in total. The Hall–Kier alpha value is -0.120. The second-order valence-corrected chi connectivity index (χ2v) is 4.15. The second kappa shape index (κ2) is 2.44. The molecule has 3 nitrogen and oxygen atoms in total. The minimum absolute atomic E-state index is 0. The van der Waals surface area contributed by atoms with E-state index in [4.69, 9.17) is 4.74 Å². The predicted molar refractivity (Wildman–Crippen MR) is 45.1 cm³/mol. The molecular formula is C9H18NO2+. The Labute approximate surface area is 73.3 Å². The van der Waals surface area contributed by atoms with Gasteiger partial charge in [-0.15, -0.1) is 0 Å². The van der Waals surface area contributed by atoms with Gasteiger partial charge in [0.05, 0.1) is 13.2 Å². The lowest BCUT2D eigenvalue weighted by atomic mass is 10.00. The van der Waals surface area contributed by atoms with Gasteiger partial charge in [0, 0.05) is 12.8 Å². The van der Waals surface area contributed by atoms with E-state index in [1.807, 2.05) is 0 Å². The molecule has 0 spiro atoms. The van der Waals surface area contributed by atoms with Gasteiger partial charge in [0.2, 0.25) is 0 Å². The number of piperidine rings is 1. The minimum Gasteiger partial charge on any atom is -0.393 e. The van der Waals surface area contributed by atoms with E-state index in [9.17, 15) is 5.11 Å². The molecule has 4 unspecified atom stereocenters. The van der Waals surface area contributed by atoms with Gasteiger partial charge in [-0.05, 0) is 0 Å². The summed E-state index contributed by atoms with van der Waals surface area (Å²) in [7, 11) is 2.23. The van der Waals surface area contributed by atoms with Gasteiger partial charge in [-0.3, -0.25) is 0 Å². The first kappa shape index (κ1) is 8.48. The first-order valence-corrected chi connectivity index (χ1v) is 4.44. The first-order valence-electron chi connectivity index (χ1n) is 4.44. The molecule has 3 fully saturated rings. The summed E-state index contributed by atoms with van der Waals surface area (Å²) in [5.41, 5.74) is 0. The van der Waals surface area contributed by atoms with Crippen LogP contribution in [0.25, 0.3) is 0 Å². The molecule has 0 saturated carbocycles. The van der Waals surface area contributed by atoms with Crippen LogP contribution in [0, 0.1) is 0 Å². The largest absolute Gasteiger partial charge is 0.393 e. The number of epoxide rings is 1. The van der Waals surface area contributed by atoms with E-state index in [-0.39, 0.29) is 13.5 Å². The third-order valence-electron chi connectivity index (χ3n) is 3.58. The first-order chi connectivity index (χ1) is 5.27. The number of nitrogens with one attached hydrogen (secondary N) is 1. The summed E-state index contributed by atoms with van der Waals surface area (Å²) in [4.78, 5) is 1.59. The van der Waals surface area contributed by atoms with Crippen molar-refractivity contribution in [1.29, 1.82) is 0 Å². The van der Waals surface area contributed by atoms with E-state index in [2.05, 4.69) is 7.05 Å². The van der Waals surface area contributed by atoms with E-state index in [1.54, 1.807) is 4.90 Å². The third kappa shape index (κ3) is 0.873. The lowest BCUT2D eigenvalue weighted by Crippen LogP contribution is -3.17. The summed E-state index contributed by atoms with van der Waals surface area (Å²) in [5, 5.41) is 9.48. The molecule has 70 valence electrons. The van der Waals surface area contributed by atoms with Gasteiger partial charge in [0.15, 0.2) is 0 Å². The molecule has 2 bridgehead atoms. The number of aliphatic hydroxyl groups is 1. The number of hydrogen-bond donors (Lipinski definition) is 2. The summed E-state index contributed by atoms with van der Waals surface area (Å²) < 4.78 is 5.51. The van der Waals surface area contributed by atoms with E-state index in [0.29, 0.717) is 24.3 Å². The van der Waals surface area contributed by atoms with Gasteiger partial charge in [-0.2, -0.15) is 0 Å². The zero-order valence-electron chi connectivity index (χ0n) is 6.66. The molecule has 3 rings (SSSR count). The monoisotopic (exact) mass is 172 g/mol. The van der Waals surface area contributed by atoms with Crippen molar-refractivity contribution in [3.8, 4) is 0 Å². The van der Waals surface area contributed by atoms with Crippen molar-refractivity contribution in [2.45, 2.75) is 50.7 Å². The summed E-state index contributed by atoms with van der Waals surface area (Å²) in [5.74, 6) is 0. The number of rotatable bonds is 0. The maximum Gasteiger partial charge on any atom is 0.142 e. The topological polar surface area (TPSA) is 37.2 Å². The fourth-order valence-electron chi connectivity index (χ4n) is 2.90. The maximum atomic E-state index is 9.48. The predicted octanol–water partition coefficient (Wildman–Crippen LogP) is -1.19. The van der Waals surface area contributed by atoms with Crippen LogP contribution in [0.4, 0.5) is 0 Å². The smallest absolute Gasteiger partial charge is 0.142 e. The van der Waals surface area contributed by atoms with Crippen LogP contribution < -0.4 is 4.90 Å². The highest BCUT2D eigenvalue weighted by molar-refractivity contribution is 5.05. The van der Waals surface area contributed by atoms with Crippen LogP contribution in [0.1, 0.15) is 20.3 Å². The lowest BCUT2D eigenvalue weighted by molar-refractivity contribution is -0.931. The highest BCUT2D eigenvalue weighted by Crippen LogP contribution is 2.38. The Morgan fingerprint density at radius 1 is 1.25 bits per heavy atom. The Balaban J connectivity index is 0.000000563. The van der Waals surface area contributed by atoms with Crippen LogP contribution in [0.2, 0.25) is 0 Å². The Kier molecular flexibility index (Phi) is 1.72. The van der Waals surface area contributed by atoms with Crippen LogP contribution >= 0.6 is 0 Å². The molecule has 0 aromatic carbocycles. The number of ether oxygens (including phenoxy) is 1. The molecular weight excluding hydrogens is 154 g/mol. The van der Waals surface area contributed by atoms with Gasteiger partial charge in [-0.25, -0.2) is 0 Å². The third-order valence-corrected chi connectivity index (χ3v) is 3.58. The zero-order chi connectivity index (χ0) is 7.59. The summed E-state index contributed by atoms with van der Waals surface area (Å²) in [6.07, 6.45) is 2.84. The van der Waals surface area contributed by atoms with Crippen molar-refractivity contribution in [2.24, 2.45) is 0 Å². The molecule has 3 saturated heterocycles. The van der Waals surface area contributed by atoms with Crippen LogP contribution in [0.15, 0.2) is 0 Å². The average molecular weight is 172 g/mol. The van der Waals surface area contributed by atoms with Crippen LogP contribution in [0.3, 0.4) is 0 Å². The van der Waals surface area contributed by atoms with Crippen molar-refractivity contribution in [2.75, 3.05) is 7.05 Å². The van der Waals surface area contributed by atoms with Gasteiger partial charge in [0.25, 0.3) is 0 Å². The Bertz CT molecular complexity index is 179. The number of morpholine rings is 1. The molecule has 0 aromatic heterocycles. The number of quaternary nitrogens is 1. The number of aliphatic hydroxyl groups excluding tert-OH is 1. The lowest BCUT2D eigenvalue weighted by Gasteiger charge is -2.33. The minimum atomic E-state index is -0.0508. The van der Waals surface area contributed by atoms with Crippen LogP contribution in [-0.4, -0.2) is 42.5 Å². The van der Waals surface area contributed by atoms with Crippen LogP contribution in [-0.2, 0) is 4.74 Å². The average Bonchev–Trinajstić information content (AvgIpc) is 2.66. The quantitative estimate of drug-likeness (QED) is 0.451. The number of likely N-dealkylation sites (N-methyl/N-ethyl adjacent to an activating group) is 1. The molecule has 4 atom stereocenters. The van der Waals surface area contributed by atoms with Gasteiger partial charge < -0.3 is 14.7 Å². The molecule has 3 heterocycles. The van der Waals surface area contributed by atoms with Crippen molar-refractivity contribution >= 4 is 0 Å². The summed E-state index contributed by atoms with van der Waals surface area (Å²) in [6, 6.07) is 1.18. The molecule has 3 aliphatic heterocycles. The molecule has 3 heteroatoms. The second-order valence-electron chi connectivity index (χ2n) is 4.15. The van der Waals surface area contributed by atoms with E-state index in [1.165, 1.54) is 0 Å². The Morgan fingerprint density at radius 2 is 1.75 bits per heavy atom. The summed E-state index contributed by atoms with van der Waals surface area (Å²) >= 11 is 0. The Morgan fingerprint density at radius 3 is 2.25 bits per heavy atom. The van der Waals surface area contributed by atoms with Crippen LogP contribution in [0.5, 0.6) is 0 Å². The normalized spacial score (nSPS) is 60.5. The SMILES string of the molecule is C.C[NH+]1C2CC(O)CC1C1OC12. The molecule has 0 aliphatic carbocycles. The van der Waals surface area contributed by atoms with Crippen molar-refractivity contribution in [1.82, 2.24) is 0 Å². The zero-order valence-corrected chi connectivity index (χ0v) is 6.66. The van der Waals surface area contributed by atoms with Gasteiger partial charge in [0.1, 0.15) is 24.3 Å². The van der Waals surface area contributed by atoms with E-state index < -0.39 is 0 Å². The number of hydrogen-bond acceptors (Lipinski definition) is 2. The molecule has 0 aromatic rings. The molecule has 12 heavy (non-hydrogen) atoms. The molecule has 0 amide bonds. The highest BCUT2D eigenvalue weighted by atomic mass is 16.6. The van der Waals surface area contributed by atoms with E-state index >= 15 is 0 Å². The van der Waals surface area contributed by atoms with E-state index in [0.717, 1.165) is 12.8 Å². The summed E-state index contributed by atoms with van der Waals surface area (Å²) in [6.45, 7) is 0. The highest BCUT2D eigenvalue weighted by Gasteiger charge is 2.66. The fourth-order valence-corrected chi connectivity index (χ4v) is 2.90. The number of fused-ring (bicyclic) bond motifs is 5.